The highest BCUT2D eigenvalue weighted by molar-refractivity contribution is 8.13. The van der Waals surface area contributed by atoms with Gasteiger partial charge >= 0.3 is 0 Å². The minimum atomic E-state index is 0.0442. The first-order valence-corrected chi connectivity index (χ1v) is 3.90. The lowest BCUT2D eigenvalue weighted by molar-refractivity contribution is -0.109. The summed E-state index contributed by atoms with van der Waals surface area (Å²) < 4.78 is 3.59. The molecule has 0 aromatic carbocycles. The summed E-state index contributed by atoms with van der Waals surface area (Å²) >= 11 is 2.35. The van der Waals surface area contributed by atoms with Gasteiger partial charge in [-0.1, -0.05) is 4.49 Å². The molecule has 0 fully saturated rings. The Labute approximate surface area is 60.6 Å². The van der Waals surface area contributed by atoms with Crippen LogP contribution in [-0.4, -0.2) is 14.7 Å². The molecule has 0 bridgehead atoms. The second kappa shape index (κ2) is 2.93. The second-order valence-corrected chi connectivity index (χ2v) is 3.14. The van der Waals surface area contributed by atoms with E-state index in [9.17, 15) is 4.79 Å². The summed E-state index contributed by atoms with van der Waals surface area (Å²) in [4.78, 5) is 10.4. The minimum Gasteiger partial charge on any atom is -0.287 e. The second-order valence-electron chi connectivity index (χ2n) is 1.34. The number of hydrogen-bond donors (Lipinski definition) is 0. The van der Waals surface area contributed by atoms with Crippen molar-refractivity contribution >= 4 is 28.4 Å². The fourth-order valence-electron chi connectivity index (χ4n) is 0.348. The van der Waals surface area contributed by atoms with E-state index in [4.69, 9.17) is 0 Å². The standard InChI is InChI=1S/C4H4N2OS2/c1-3(7)9-4-2-8-6-5-4/h2H,1H3. The van der Waals surface area contributed by atoms with Crippen LogP contribution in [-0.2, 0) is 4.79 Å². The average Bonchev–Trinajstić information content (AvgIpc) is 2.15. The third-order valence-corrected chi connectivity index (χ3v) is 1.94. The summed E-state index contributed by atoms with van der Waals surface area (Å²) in [6.45, 7) is 1.50. The van der Waals surface area contributed by atoms with E-state index in [1.54, 1.807) is 5.38 Å². The number of hydrogen-bond acceptors (Lipinski definition) is 5. The van der Waals surface area contributed by atoms with Gasteiger partial charge in [0.05, 0.1) is 0 Å². The van der Waals surface area contributed by atoms with Crippen LogP contribution in [0.4, 0.5) is 0 Å². The van der Waals surface area contributed by atoms with Gasteiger partial charge in [-0.2, -0.15) is 0 Å². The fourth-order valence-corrected chi connectivity index (χ4v) is 1.42. The van der Waals surface area contributed by atoms with Gasteiger partial charge in [0.25, 0.3) is 0 Å². The Hall–Kier alpha value is -0.420. The van der Waals surface area contributed by atoms with Gasteiger partial charge in [-0.15, -0.1) is 5.10 Å². The predicted molar refractivity (Wildman–Crippen MR) is 36.4 cm³/mol. The van der Waals surface area contributed by atoms with Gasteiger partial charge in [0.1, 0.15) is 5.03 Å². The lowest BCUT2D eigenvalue weighted by Crippen LogP contribution is -1.79. The van der Waals surface area contributed by atoms with E-state index < -0.39 is 0 Å². The van der Waals surface area contributed by atoms with Crippen molar-refractivity contribution in [2.45, 2.75) is 11.9 Å². The van der Waals surface area contributed by atoms with E-state index in [-0.39, 0.29) is 5.12 Å². The fraction of sp³-hybridized carbons (Fsp3) is 0.250. The third kappa shape index (κ3) is 2.11. The van der Waals surface area contributed by atoms with Crippen molar-refractivity contribution in [3.05, 3.63) is 5.38 Å². The Bertz CT molecular complexity index is 196. The van der Waals surface area contributed by atoms with Crippen molar-refractivity contribution in [1.82, 2.24) is 9.59 Å². The molecular formula is C4H4N2OS2. The maximum absolute atomic E-state index is 10.4. The highest BCUT2D eigenvalue weighted by Crippen LogP contribution is 2.15. The first kappa shape index (κ1) is 6.70. The van der Waals surface area contributed by atoms with Crippen LogP contribution in [0.5, 0.6) is 0 Å². The Balaban J connectivity index is 2.58. The van der Waals surface area contributed by atoms with Crippen LogP contribution in [0.3, 0.4) is 0 Å². The Morgan fingerprint density at radius 3 is 3.11 bits per heavy atom. The lowest BCUT2D eigenvalue weighted by atomic mass is 10.9. The topological polar surface area (TPSA) is 42.9 Å². The monoisotopic (exact) mass is 160 g/mol. The number of carbonyl (C=O) groups is 1. The van der Waals surface area contributed by atoms with E-state index in [0.717, 1.165) is 11.8 Å². The first-order valence-electron chi connectivity index (χ1n) is 2.24. The van der Waals surface area contributed by atoms with Crippen molar-refractivity contribution in [2.75, 3.05) is 0 Å². The van der Waals surface area contributed by atoms with Gasteiger partial charge in [0.2, 0.25) is 0 Å². The quantitative estimate of drug-likeness (QED) is 0.578. The molecular weight excluding hydrogens is 156 g/mol. The maximum atomic E-state index is 10.4. The van der Waals surface area contributed by atoms with Crippen molar-refractivity contribution in [1.29, 1.82) is 0 Å². The minimum absolute atomic E-state index is 0.0442. The first-order chi connectivity index (χ1) is 4.29. The molecule has 0 atom stereocenters. The molecule has 1 rings (SSSR count). The van der Waals surface area contributed by atoms with Crippen LogP contribution in [0, 0.1) is 0 Å². The van der Waals surface area contributed by atoms with E-state index in [2.05, 4.69) is 9.59 Å². The number of rotatable bonds is 1. The molecule has 0 spiro atoms. The van der Waals surface area contributed by atoms with Crippen LogP contribution in [0.25, 0.3) is 0 Å². The van der Waals surface area contributed by atoms with Gasteiger partial charge in [-0.3, -0.25) is 4.79 Å². The van der Waals surface area contributed by atoms with Crippen LogP contribution >= 0.6 is 23.3 Å². The van der Waals surface area contributed by atoms with Crippen molar-refractivity contribution in [2.24, 2.45) is 0 Å². The van der Waals surface area contributed by atoms with Gasteiger partial charge in [-0.05, 0) is 23.3 Å². The molecule has 5 heteroatoms. The summed E-state index contributed by atoms with van der Waals surface area (Å²) in [5.41, 5.74) is 0. The van der Waals surface area contributed by atoms with E-state index in [1.165, 1.54) is 18.5 Å². The molecule has 1 aromatic rings. The number of aromatic nitrogens is 2. The Kier molecular flexibility index (Phi) is 2.18. The molecule has 0 unspecified atom stereocenters. The van der Waals surface area contributed by atoms with Crippen LogP contribution in [0.1, 0.15) is 6.92 Å². The molecule has 0 radical (unpaired) electrons. The lowest BCUT2D eigenvalue weighted by Gasteiger charge is -1.82. The van der Waals surface area contributed by atoms with E-state index in [0.29, 0.717) is 5.03 Å². The van der Waals surface area contributed by atoms with Gasteiger partial charge in [0.15, 0.2) is 5.12 Å². The number of thioether (sulfide) groups is 1. The van der Waals surface area contributed by atoms with Crippen LogP contribution < -0.4 is 0 Å². The van der Waals surface area contributed by atoms with Crippen molar-refractivity contribution in [3.63, 3.8) is 0 Å². The number of carbonyl (C=O) groups excluding carboxylic acids is 1. The SMILES string of the molecule is CC(=O)Sc1csnn1. The zero-order chi connectivity index (χ0) is 6.69. The Morgan fingerprint density at radius 2 is 2.67 bits per heavy atom. The molecule has 0 aliphatic carbocycles. The van der Waals surface area contributed by atoms with Crippen LogP contribution in [0.15, 0.2) is 10.4 Å². The normalized spacial score (nSPS) is 9.44. The molecule has 0 amide bonds. The highest BCUT2D eigenvalue weighted by Gasteiger charge is 1.99. The summed E-state index contributed by atoms with van der Waals surface area (Å²) in [5.74, 6) is 0. The molecule has 1 heterocycles. The molecule has 0 saturated carbocycles. The van der Waals surface area contributed by atoms with E-state index in [1.807, 2.05) is 0 Å². The molecule has 0 saturated heterocycles. The van der Waals surface area contributed by atoms with Crippen molar-refractivity contribution in [3.8, 4) is 0 Å². The summed E-state index contributed by atoms with van der Waals surface area (Å²) in [6, 6.07) is 0. The molecule has 9 heavy (non-hydrogen) atoms. The molecule has 0 aliphatic rings. The molecule has 1 aromatic heterocycles. The molecule has 0 aliphatic heterocycles. The van der Waals surface area contributed by atoms with Gasteiger partial charge in [0, 0.05) is 12.3 Å². The third-order valence-electron chi connectivity index (χ3n) is 0.588. The van der Waals surface area contributed by atoms with Gasteiger partial charge in [-0.25, -0.2) is 0 Å². The van der Waals surface area contributed by atoms with Gasteiger partial charge < -0.3 is 0 Å². The summed E-state index contributed by atoms with van der Waals surface area (Å²) in [7, 11) is 0. The molecule has 3 nitrogen and oxygen atoms in total. The summed E-state index contributed by atoms with van der Waals surface area (Å²) in [5, 5.41) is 6.14. The Morgan fingerprint density at radius 1 is 1.89 bits per heavy atom. The largest absolute Gasteiger partial charge is 0.287 e. The highest BCUT2D eigenvalue weighted by atomic mass is 32.2. The van der Waals surface area contributed by atoms with Crippen molar-refractivity contribution < 1.29 is 4.79 Å². The van der Waals surface area contributed by atoms with Crippen LogP contribution in [0.2, 0.25) is 0 Å². The predicted octanol–water partition coefficient (Wildman–Crippen LogP) is 1.18. The molecule has 0 N–H and O–H groups in total. The number of nitrogens with zero attached hydrogens (tertiary/aromatic N) is 2. The zero-order valence-electron chi connectivity index (χ0n) is 4.70. The smallest absolute Gasteiger partial charge is 0.192 e. The maximum Gasteiger partial charge on any atom is 0.192 e. The summed E-state index contributed by atoms with van der Waals surface area (Å²) in [6.07, 6.45) is 0. The van der Waals surface area contributed by atoms with E-state index >= 15 is 0 Å². The average molecular weight is 160 g/mol. The molecule has 48 valence electrons. The zero-order valence-corrected chi connectivity index (χ0v) is 6.33.